The minimum atomic E-state index is -0.179. The van der Waals surface area contributed by atoms with Crippen LogP contribution in [0.5, 0.6) is 0 Å². The van der Waals surface area contributed by atoms with E-state index in [2.05, 4.69) is 0 Å². The third-order valence-electron chi connectivity index (χ3n) is 5.97. The van der Waals surface area contributed by atoms with Crippen molar-refractivity contribution in [3.63, 3.8) is 0 Å². The molecule has 0 aliphatic rings. The highest BCUT2D eigenvalue weighted by Crippen LogP contribution is 2.19. The molecule has 8 heteroatoms. The summed E-state index contributed by atoms with van der Waals surface area (Å²) in [6, 6.07) is 29.6. The Morgan fingerprint density at radius 2 is 0.778 bits per heavy atom. The molecule has 0 spiro atoms. The van der Waals surface area contributed by atoms with Gasteiger partial charge in [0.05, 0.1) is 11.4 Å². The smallest absolute Gasteiger partial charge is 0.259 e. The molecule has 0 bridgehead atoms. The van der Waals surface area contributed by atoms with Gasteiger partial charge in [-0.05, 0) is 86.8 Å². The van der Waals surface area contributed by atoms with Crippen LogP contribution in [0, 0.1) is 23.4 Å². The molecule has 178 valence electrons. The van der Waals surface area contributed by atoms with Gasteiger partial charge in [0.1, 0.15) is 0 Å². The van der Waals surface area contributed by atoms with Crippen molar-refractivity contribution < 1.29 is 0 Å². The van der Waals surface area contributed by atoms with Crippen molar-refractivity contribution >= 4 is 24.4 Å². The van der Waals surface area contributed by atoms with Crippen molar-refractivity contribution in [1.82, 2.24) is 18.3 Å². The normalized spacial score (nSPS) is 10.9. The van der Waals surface area contributed by atoms with E-state index >= 15 is 0 Å². The minimum Gasteiger partial charge on any atom is -0.291 e. The van der Waals surface area contributed by atoms with Gasteiger partial charge in [0.15, 0.2) is 9.54 Å². The number of nitrogens with zero attached hydrogens (tertiary/aromatic N) is 4. The summed E-state index contributed by atoms with van der Waals surface area (Å²) in [6.07, 6.45) is 0. The van der Waals surface area contributed by atoms with Gasteiger partial charge >= 0.3 is 0 Å². The van der Waals surface area contributed by atoms with E-state index in [0.717, 1.165) is 22.8 Å². The maximum absolute atomic E-state index is 12.8. The van der Waals surface area contributed by atoms with Crippen molar-refractivity contribution in [2.75, 3.05) is 0 Å². The van der Waals surface area contributed by atoms with Crippen molar-refractivity contribution in [2.45, 2.75) is 13.8 Å². The van der Waals surface area contributed by atoms with Crippen molar-refractivity contribution in [3.05, 3.63) is 139 Å². The van der Waals surface area contributed by atoms with Crippen LogP contribution in [0.4, 0.5) is 0 Å². The largest absolute Gasteiger partial charge is 0.291 e. The second-order valence-electron chi connectivity index (χ2n) is 8.34. The molecule has 0 amide bonds. The van der Waals surface area contributed by atoms with E-state index in [4.69, 9.17) is 24.4 Å². The van der Waals surface area contributed by atoms with Crippen molar-refractivity contribution in [3.8, 4) is 22.7 Å². The van der Waals surface area contributed by atoms with Gasteiger partial charge in [0.2, 0.25) is 0 Å². The lowest BCUT2D eigenvalue weighted by Crippen LogP contribution is -2.24. The summed E-state index contributed by atoms with van der Waals surface area (Å²) in [5.41, 5.74) is 4.15. The van der Waals surface area contributed by atoms with Gasteiger partial charge in [-0.25, -0.2) is 0 Å². The Kier molecular flexibility index (Phi) is 6.22. The van der Waals surface area contributed by atoms with Crippen LogP contribution in [0.3, 0.4) is 0 Å². The predicted octanol–water partition coefficient (Wildman–Crippen LogP) is 5.65. The lowest BCUT2D eigenvalue weighted by molar-refractivity contribution is 0.805. The summed E-state index contributed by atoms with van der Waals surface area (Å²) in [4.78, 5) is 25.6. The Hall–Kier alpha value is -4.14. The monoisotopic (exact) mass is 510 g/mol. The van der Waals surface area contributed by atoms with E-state index in [1.807, 2.05) is 108 Å². The molecule has 3 aromatic carbocycles. The van der Waals surface area contributed by atoms with Crippen LogP contribution in [0.1, 0.15) is 11.4 Å². The summed E-state index contributed by atoms with van der Waals surface area (Å²) in [5, 5.41) is 0. The number of para-hydroxylation sites is 2. The molecule has 0 saturated heterocycles. The third-order valence-corrected chi connectivity index (χ3v) is 6.70. The third kappa shape index (κ3) is 4.10. The van der Waals surface area contributed by atoms with Crippen LogP contribution >= 0.6 is 24.4 Å². The zero-order chi connectivity index (χ0) is 25.4. The summed E-state index contributed by atoms with van der Waals surface area (Å²) in [6.45, 7) is 3.72. The number of hydrogen-bond acceptors (Lipinski definition) is 4. The molecule has 6 nitrogen and oxygen atoms in total. The quantitative estimate of drug-likeness (QED) is 0.294. The highest BCUT2D eigenvalue weighted by Gasteiger charge is 2.12. The van der Waals surface area contributed by atoms with Crippen LogP contribution in [0.25, 0.3) is 22.7 Å². The number of benzene rings is 3. The molecule has 0 fully saturated rings. The molecule has 0 aliphatic heterocycles. The first-order chi connectivity index (χ1) is 17.4. The minimum absolute atomic E-state index is 0.179. The Bertz CT molecular complexity index is 1680. The standard InChI is InChI=1S/C28H22N4O2S2/c1-19-17-25(33)31(21-9-5-3-6-10-21)27(35)29(19)23-13-15-24(16-14-23)30-20(2)18-26(34)32(28(30)36)22-11-7-4-8-12-22/h3-18H,1-2H3. The highest BCUT2D eigenvalue weighted by molar-refractivity contribution is 7.71. The van der Waals surface area contributed by atoms with Gasteiger partial charge < -0.3 is 0 Å². The molecule has 5 rings (SSSR count). The summed E-state index contributed by atoms with van der Waals surface area (Å²) in [7, 11) is 0. The lowest BCUT2D eigenvalue weighted by Gasteiger charge is -2.18. The zero-order valence-corrected chi connectivity index (χ0v) is 21.3. The topological polar surface area (TPSA) is 53.9 Å². The molecule has 0 atom stereocenters. The van der Waals surface area contributed by atoms with Crippen LogP contribution in [0.15, 0.2) is 107 Å². The van der Waals surface area contributed by atoms with Gasteiger partial charge in [-0.1, -0.05) is 36.4 Å². The first-order valence-corrected chi connectivity index (χ1v) is 12.1. The first-order valence-electron chi connectivity index (χ1n) is 11.3. The predicted molar refractivity (Wildman–Crippen MR) is 147 cm³/mol. The van der Waals surface area contributed by atoms with E-state index in [-0.39, 0.29) is 11.1 Å². The lowest BCUT2D eigenvalue weighted by atomic mass is 10.2. The average molecular weight is 511 g/mol. The number of rotatable bonds is 4. The summed E-state index contributed by atoms with van der Waals surface area (Å²) < 4.78 is 7.53. The molecule has 0 N–H and O–H groups in total. The van der Waals surface area contributed by atoms with Crippen LogP contribution in [-0.4, -0.2) is 18.3 Å². The van der Waals surface area contributed by atoms with Gasteiger partial charge in [-0.2, -0.15) is 0 Å². The van der Waals surface area contributed by atoms with E-state index < -0.39 is 0 Å². The highest BCUT2D eigenvalue weighted by atomic mass is 32.1. The number of aryl methyl sites for hydroxylation is 2. The Balaban J connectivity index is 1.64. The summed E-state index contributed by atoms with van der Waals surface area (Å²) in [5.74, 6) is 0. The average Bonchev–Trinajstić information content (AvgIpc) is 2.86. The second kappa shape index (κ2) is 9.49. The fourth-order valence-corrected chi connectivity index (χ4v) is 5.20. The fraction of sp³-hybridized carbons (Fsp3) is 0.0714. The Morgan fingerprint density at radius 3 is 1.11 bits per heavy atom. The maximum atomic E-state index is 12.8. The first kappa shape index (κ1) is 23.6. The molecule has 36 heavy (non-hydrogen) atoms. The zero-order valence-electron chi connectivity index (χ0n) is 19.7. The van der Waals surface area contributed by atoms with Gasteiger partial charge in [-0.15, -0.1) is 0 Å². The van der Waals surface area contributed by atoms with Gasteiger partial charge in [0, 0.05) is 34.9 Å². The van der Waals surface area contributed by atoms with Crippen molar-refractivity contribution in [1.29, 1.82) is 0 Å². The van der Waals surface area contributed by atoms with E-state index in [1.54, 1.807) is 12.1 Å². The maximum Gasteiger partial charge on any atom is 0.259 e. The van der Waals surface area contributed by atoms with Crippen molar-refractivity contribution in [2.24, 2.45) is 0 Å². The molecule has 2 heterocycles. The molecule has 5 aromatic rings. The molecule has 0 aliphatic carbocycles. The molecule has 2 aromatic heterocycles. The number of aromatic nitrogens is 4. The molecule has 0 unspecified atom stereocenters. The summed E-state index contributed by atoms with van der Waals surface area (Å²) >= 11 is 11.5. The van der Waals surface area contributed by atoms with E-state index in [9.17, 15) is 9.59 Å². The van der Waals surface area contributed by atoms with Crippen LogP contribution in [-0.2, 0) is 0 Å². The molecule has 0 radical (unpaired) electrons. The van der Waals surface area contributed by atoms with Gasteiger partial charge in [0.25, 0.3) is 11.1 Å². The fourth-order valence-electron chi connectivity index (χ4n) is 4.31. The van der Waals surface area contributed by atoms with E-state index in [1.165, 1.54) is 9.13 Å². The Morgan fingerprint density at radius 1 is 0.472 bits per heavy atom. The van der Waals surface area contributed by atoms with E-state index in [0.29, 0.717) is 20.9 Å². The van der Waals surface area contributed by atoms with Crippen LogP contribution in [0.2, 0.25) is 0 Å². The Labute approximate surface area is 217 Å². The second-order valence-corrected chi connectivity index (χ2v) is 9.07. The molecular weight excluding hydrogens is 488 g/mol. The molecule has 0 saturated carbocycles. The molecular formula is C28H22N4O2S2. The number of hydrogen-bond donors (Lipinski definition) is 0. The van der Waals surface area contributed by atoms with Crippen LogP contribution < -0.4 is 11.1 Å². The van der Waals surface area contributed by atoms with Gasteiger partial charge in [-0.3, -0.25) is 27.9 Å². The SMILES string of the molecule is Cc1cc(=O)n(-c2ccccc2)c(=S)n1-c1ccc(-n2c(C)cc(=O)n(-c3ccccc3)c2=S)cc1.